The van der Waals surface area contributed by atoms with Crippen LogP contribution in [-0.2, 0) is 13.6 Å². The van der Waals surface area contributed by atoms with Gasteiger partial charge in [-0.15, -0.1) is 0 Å². The first-order valence-corrected chi connectivity index (χ1v) is 13.5. The monoisotopic (exact) mass is 520 g/mol. The molecule has 3 rings (SSSR count). The highest BCUT2D eigenvalue weighted by atomic mass is 32.7. The molecule has 2 aromatic heterocycles. The van der Waals surface area contributed by atoms with E-state index in [2.05, 4.69) is 35.9 Å². The normalized spacial score (nSPS) is 10.8. The number of unbranched alkanes of at least 4 members (excludes halogenated alkanes) is 2. The van der Waals surface area contributed by atoms with Crippen LogP contribution in [0, 0.1) is 0 Å². The van der Waals surface area contributed by atoms with Gasteiger partial charge in [0.1, 0.15) is 17.3 Å². The molecule has 0 fully saturated rings. The molecule has 0 aliphatic carbocycles. The Bertz CT molecular complexity index is 1170. The molecule has 35 heavy (non-hydrogen) atoms. The van der Waals surface area contributed by atoms with Gasteiger partial charge in [-0.25, -0.2) is 4.98 Å². The van der Waals surface area contributed by atoms with E-state index in [4.69, 9.17) is 14.6 Å². The van der Waals surface area contributed by atoms with Crippen molar-refractivity contribution in [1.29, 1.82) is 0 Å². The Kier molecular flexibility index (Phi) is 11.8. The number of nitrogens with zero attached hydrogens (tertiary/aromatic N) is 3. The van der Waals surface area contributed by atoms with Crippen LogP contribution >= 0.6 is 20.7 Å². The van der Waals surface area contributed by atoms with Crippen molar-refractivity contribution in [2.24, 2.45) is 7.05 Å². The number of fused-ring (bicyclic) bond motifs is 1. The van der Waals surface area contributed by atoms with Gasteiger partial charge in [-0.05, 0) is 51.6 Å². The Morgan fingerprint density at radius 2 is 1.77 bits per heavy atom. The van der Waals surface area contributed by atoms with E-state index >= 15 is 0 Å². The van der Waals surface area contributed by atoms with E-state index in [1.54, 1.807) is 32.0 Å². The molecule has 1 unspecified atom stereocenters. The van der Waals surface area contributed by atoms with Gasteiger partial charge in [0.25, 0.3) is 5.56 Å². The van der Waals surface area contributed by atoms with Gasteiger partial charge in [0.2, 0.25) is 0 Å². The number of pyridine rings is 2. The van der Waals surface area contributed by atoms with Gasteiger partial charge in [-0.1, -0.05) is 8.44 Å². The average Bonchev–Trinajstić information content (AvgIpc) is 2.86. The van der Waals surface area contributed by atoms with Gasteiger partial charge in [-0.2, -0.15) is 12.2 Å². The van der Waals surface area contributed by atoms with Crippen molar-refractivity contribution in [1.82, 2.24) is 14.5 Å². The first-order valence-electron chi connectivity index (χ1n) is 11.4. The van der Waals surface area contributed by atoms with Crippen LogP contribution < -0.4 is 20.3 Å². The van der Waals surface area contributed by atoms with Crippen molar-refractivity contribution < 1.29 is 14.6 Å². The van der Waals surface area contributed by atoms with E-state index in [0.29, 0.717) is 23.5 Å². The van der Waals surface area contributed by atoms with Gasteiger partial charge in [0, 0.05) is 61.2 Å². The first kappa shape index (κ1) is 28.9. The lowest BCUT2D eigenvalue weighted by molar-refractivity contribution is 0.283. The van der Waals surface area contributed by atoms with Gasteiger partial charge in [-0.3, -0.25) is 4.79 Å². The molecule has 0 aliphatic rings. The Hall–Kier alpha value is -2.32. The van der Waals surface area contributed by atoms with Crippen molar-refractivity contribution >= 4 is 37.3 Å². The minimum absolute atomic E-state index is 0.106. The fourth-order valence-electron chi connectivity index (χ4n) is 3.94. The lowest BCUT2D eigenvalue weighted by atomic mass is 9.98. The zero-order valence-corrected chi connectivity index (χ0v) is 23.2. The molecule has 3 aromatic rings. The predicted molar refractivity (Wildman–Crippen MR) is 151 cm³/mol. The van der Waals surface area contributed by atoms with E-state index in [1.807, 2.05) is 38.5 Å². The van der Waals surface area contributed by atoms with Crippen LogP contribution in [0.2, 0.25) is 0 Å². The molecule has 10 heteroatoms. The summed E-state index contributed by atoms with van der Waals surface area (Å²) in [5, 5.41) is 13.6. The largest absolute Gasteiger partial charge is 0.496 e. The number of aromatic nitrogens is 2. The third-order valence-corrected chi connectivity index (χ3v) is 5.59. The van der Waals surface area contributed by atoms with Crippen LogP contribution in [-0.4, -0.2) is 61.0 Å². The number of hydrogen-bond donors (Lipinski definition) is 3. The highest BCUT2D eigenvalue weighted by Crippen LogP contribution is 2.39. The topological polar surface area (TPSA) is 88.9 Å². The number of aliphatic hydroxyl groups is 1. The molecule has 8 nitrogen and oxygen atoms in total. The van der Waals surface area contributed by atoms with Gasteiger partial charge in [0.05, 0.1) is 19.6 Å². The van der Waals surface area contributed by atoms with Crippen molar-refractivity contribution in [2.45, 2.75) is 25.8 Å². The molecule has 0 saturated carbocycles. The number of aliphatic hydroxyl groups excluding tert-OH is 1. The number of methoxy groups -OCH3 is 2. The molecular formula is C25H37N4O4PS. The number of ether oxygens (including phenoxy) is 2. The van der Waals surface area contributed by atoms with Gasteiger partial charge in [0.15, 0.2) is 0 Å². The summed E-state index contributed by atoms with van der Waals surface area (Å²) < 4.78 is 13.0. The van der Waals surface area contributed by atoms with E-state index in [9.17, 15) is 4.79 Å². The number of rotatable bonds is 11. The van der Waals surface area contributed by atoms with Gasteiger partial charge >= 0.3 is 0 Å². The molecule has 192 valence electrons. The molecule has 0 spiro atoms. The van der Waals surface area contributed by atoms with Crippen LogP contribution in [0.15, 0.2) is 35.4 Å². The minimum Gasteiger partial charge on any atom is -0.496 e. The molecule has 0 amide bonds. The highest BCUT2D eigenvalue weighted by Gasteiger charge is 2.18. The summed E-state index contributed by atoms with van der Waals surface area (Å²) in [6.45, 7) is 1.66. The number of anilines is 1. The molecule has 1 atom stereocenters. The van der Waals surface area contributed by atoms with E-state index < -0.39 is 0 Å². The summed E-state index contributed by atoms with van der Waals surface area (Å²) >= 11 is 3.44. The zero-order valence-electron chi connectivity index (χ0n) is 21.2. The molecule has 1 aromatic carbocycles. The molecule has 0 aliphatic heterocycles. The minimum atomic E-state index is -0.106. The Morgan fingerprint density at radius 3 is 2.40 bits per heavy atom. The average molecular weight is 521 g/mol. The summed E-state index contributed by atoms with van der Waals surface area (Å²) in [4.78, 5) is 19.3. The maximum Gasteiger partial charge on any atom is 0.259 e. The van der Waals surface area contributed by atoms with E-state index in [1.165, 1.54) is 0 Å². The van der Waals surface area contributed by atoms with Crippen molar-refractivity contribution in [3.63, 3.8) is 0 Å². The number of hydrogen-bond acceptors (Lipinski definition) is 8. The van der Waals surface area contributed by atoms with E-state index in [0.717, 1.165) is 53.6 Å². The predicted octanol–water partition coefficient (Wildman–Crippen LogP) is 3.96. The second kappa shape index (κ2) is 14.3. The van der Waals surface area contributed by atoms with Crippen LogP contribution in [0.25, 0.3) is 21.9 Å². The summed E-state index contributed by atoms with van der Waals surface area (Å²) in [7, 11) is 11.2. The molecule has 2 N–H and O–H groups in total. The molecule has 0 radical (unpaired) electrons. The standard InChI is InChI=1S/C25H34N4O4.H3PS/c1-28(2)15-17-11-23(33-5)19(12-22(17)32-4)21-16-29(3)25(31)20-14-27-24(13-18(20)21)26-9-7-6-8-10-30;1-2/h11-14,16,30H,6-10,15H2,1-5H3,(H,26,27);2H,1H2. The molecule has 0 saturated heterocycles. The number of nitrogens with one attached hydrogen (secondary N) is 1. The quantitative estimate of drug-likeness (QED) is 0.200. The molecular weight excluding hydrogens is 483 g/mol. The third kappa shape index (κ3) is 7.34. The van der Waals surface area contributed by atoms with E-state index in [-0.39, 0.29) is 12.2 Å². The fourth-order valence-corrected chi connectivity index (χ4v) is 3.94. The summed E-state index contributed by atoms with van der Waals surface area (Å²) in [6.07, 6.45) is 6.12. The number of thiol groups is 1. The van der Waals surface area contributed by atoms with Crippen LogP contribution in [0.1, 0.15) is 24.8 Å². The number of aryl methyl sites for hydroxylation is 1. The van der Waals surface area contributed by atoms with Crippen molar-refractivity contribution in [3.05, 3.63) is 46.5 Å². The summed E-state index contributed by atoms with van der Waals surface area (Å²) in [6, 6.07) is 5.88. The van der Waals surface area contributed by atoms with Crippen LogP contribution in [0.3, 0.4) is 0 Å². The zero-order chi connectivity index (χ0) is 26.0. The maximum absolute atomic E-state index is 12.8. The maximum atomic E-state index is 12.8. The fraction of sp³-hybridized carbons (Fsp3) is 0.440. The number of benzene rings is 1. The van der Waals surface area contributed by atoms with Crippen molar-refractivity contribution in [2.75, 3.05) is 46.8 Å². The first-order chi connectivity index (χ1) is 16.9. The Morgan fingerprint density at radius 1 is 1.06 bits per heavy atom. The summed E-state index contributed by atoms with van der Waals surface area (Å²) in [5.41, 5.74) is 2.62. The lowest BCUT2D eigenvalue weighted by Gasteiger charge is -2.19. The second-order valence-electron chi connectivity index (χ2n) is 8.39. The lowest BCUT2D eigenvalue weighted by Crippen LogP contribution is -2.17. The second-order valence-corrected chi connectivity index (χ2v) is 8.39. The SMILES string of the molecule is COc1cc(-c2cn(C)c(=O)c3cnc(NCCCCCO)cc23)c(OC)cc1CN(C)C.PS. The Balaban J connectivity index is 0.00000210. The van der Waals surface area contributed by atoms with Gasteiger partial charge < -0.3 is 29.4 Å². The Labute approximate surface area is 215 Å². The molecule has 2 heterocycles. The van der Waals surface area contributed by atoms with Crippen LogP contribution in [0.4, 0.5) is 5.82 Å². The third-order valence-electron chi connectivity index (χ3n) is 5.59. The molecule has 0 bridgehead atoms. The summed E-state index contributed by atoms with van der Waals surface area (Å²) in [5.74, 6) is 2.18. The van der Waals surface area contributed by atoms with Crippen LogP contribution in [0.5, 0.6) is 11.5 Å². The highest BCUT2D eigenvalue weighted by molar-refractivity contribution is 8.31. The smallest absolute Gasteiger partial charge is 0.259 e. The van der Waals surface area contributed by atoms with Crippen molar-refractivity contribution in [3.8, 4) is 22.6 Å².